The highest BCUT2D eigenvalue weighted by Gasteiger charge is 2.52. The number of ketones is 1. The van der Waals surface area contributed by atoms with Crippen LogP contribution in [0.4, 0.5) is 4.39 Å². The maximum absolute atomic E-state index is 13.3. The zero-order chi connectivity index (χ0) is 21.4. The van der Waals surface area contributed by atoms with Crippen LogP contribution in [-0.4, -0.2) is 34.1 Å². The molecule has 2 aromatic rings. The highest BCUT2D eigenvalue weighted by atomic mass is 32.2. The first-order chi connectivity index (χ1) is 13.5. The van der Waals surface area contributed by atoms with Gasteiger partial charge in [-0.3, -0.25) is 9.00 Å². The SMILES string of the molecule is CCS(=O)Cc1ccc(C(=O)c2ccc(F)cc2)c(B2OC(C)(C)C(C)(C)O2)c1. The van der Waals surface area contributed by atoms with E-state index in [9.17, 15) is 13.4 Å². The van der Waals surface area contributed by atoms with Gasteiger partial charge < -0.3 is 9.31 Å². The van der Waals surface area contributed by atoms with E-state index in [-0.39, 0.29) is 5.78 Å². The Labute approximate surface area is 174 Å². The Kier molecular flexibility index (Phi) is 6.13. The predicted octanol–water partition coefficient (Wildman–Crippen LogP) is 3.62. The molecule has 1 fully saturated rings. The Morgan fingerprint density at radius 3 is 2.17 bits per heavy atom. The Morgan fingerprint density at radius 2 is 1.62 bits per heavy atom. The zero-order valence-electron chi connectivity index (χ0n) is 17.5. The van der Waals surface area contributed by atoms with Gasteiger partial charge in [0.25, 0.3) is 0 Å². The molecule has 0 saturated carbocycles. The van der Waals surface area contributed by atoms with Gasteiger partial charge in [0.15, 0.2) is 5.78 Å². The molecule has 1 unspecified atom stereocenters. The summed E-state index contributed by atoms with van der Waals surface area (Å²) in [5.74, 6) is 0.318. The lowest BCUT2D eigenvalue weighted by atomic mass is 9.73. The van der Waals surface area contributed by atoms with E-state index >= 15 is 0 Å². The van der Waals surface area contributed by atoms with Gasteiger partial charge in [-0.1, -0.05) is 25.1 Å². The lowest BCUT2D eigenvalue weighted by molar-refractivity contribution is 0.00578. The Morgan fingerprint density at radius 1 is 1.03 bits per heavy atom. The Bertz CT molecular complexity index is 924. The standard InChI is InChI=1S/C22H26BFO4S/c1-6-29(26)14-15-7-12-18(20(25)16-8-10-17(24)11-9-16)19(13-15)23-27-21(2,3)22(4,5)28-23/h7-13H,6,14H2,1-5H3. The summed E-state index contributed by atoms with van der Waals surface area (Å²) in [6.45, 7) is 9.67. The molecule has 0 N–H and O–H groups in total. The summed E-state index contributed by atoms with van der Waals surface area (Å²) in [5.41, 5.74) is 1.15. The van der Waals surface area contributed by atoms with Crippen LogP contribution in [0, 0.1) is 5.82 Å². The van der Waals surface area contributed by atoms with Crippen molar-refractivity contribution in [3.63, 3.8) is 0 Å². The predicted molar refractivity (Wildman–Crippen MR) is 114 cm³/mol. The average Bonchev–Trinajstić information content (AvgIpc) is 2.89. The first-order valence-corrected chi connectivity index (χ1v) is 11.2. The zero-order valence-corrected chi connectivity index (χ0v) is 18.3. The molecule has 1 aliphatic rings. The van der Waals surface area contributed by atoms with Crippen LogP contribution in [0.5, 0.6) is 0 Å². The number of benzene rings is 2. The van der Waals surface area contributed by atoms with Crippen LogP contribution in [0.1, 0.15) is 56.1 Å². The third-order valence-corrected chi connectivity index (χ3v) is 6.92. The van der Waals surface area contributed by atoms with Crippen molar-refractivity contribution in [2.45, 2.75) is 51.6 Å². The van der Waals surface area contributed by atoms with Gasteiger partial charge in [-0.15, -0.1) is 0 Å². The van der Waals surface area contributed by atoms with Crippen molar-refractivity contribution in [3.8, 4) is 0 Å². The van der Waals surface area contributed by atoms with E-state index in [0.29, 0.717) is 28.1 Å². The molecule has 0 amide bonds. The average molecular weight is 416 g/mol. The minimum absolute atomic E-state index is 0.238. The van der Waals surface area contributed by atoms with Crippen LogP contribution in [0.2, 0.25) is 0 Å². The fraction of sp³-hybridized carbons (Fsp3) is 0.409. The van der Waals surface area contributed by atoms with Gasteiger partial charge in [0.05, 0.1) is 11.2 Å². The molecule has 0 aliphatic carbocycles. The number of rotatable bonds is 6. The minimum atomic E-state index is -0.982. The van der Waals surface area contributed by atoms with E-state index < -0.39 is 34.9 Å². The third kappa shape index (κ3) is 4.52. The molecule has 2 aromatic carbocycles. The van der Waals surface area contributed by atoms with Crippen LogP contribution in [0.3, 0.4) is 0 Å². The maximum Gasteiger partial charge on any atom is 0.495 e. The molecule has 3 rings (SSSR count). The molecule has 7 heteroatoms. The molecule has 4 nitrogen and oxygen atoms in total. The van der Waals surface area contributed by atoms with Gasteiger partial charge in [0.1, 0.15) is 5.82 Å². The van der Waals surface area contributed by atoms with Crippen molar-refractivity contribution in [1.82, 2.24) is 0 Å². The fourth-order valence-electron chi connectivity index (χ4n) is 3.12. The van der Waals surface area contributed by atoms with Crippen LogP contribution in [0.15, 0.2) is 42.5 Å². The Hall–Kier alpha value is -1.83. The van der Waals surface area contributed by atoms with Crippen LogP contribution in [0.25, 0.3) is 0 Å². The van der Waals surface area contributed by atoms with E-state index in [0.717, 1.165) is 5.56 Å². The number of carbonyl (C=O) groups is 1. The first kappa shape index (κ1) is 21.9. The normalized spacial score (nSPS) is 18.6. The highest BCUT2D eigenvalue weighted by molar-refractivity contribution is 7.84. The molecular formula is C22H26BFO4S. The molecule has 1 atom stereocenters. The molecule has 1 aliphatic heterocycles. The molecule has 0 bridgehead atoms. The van der Waals surface area contributed by atoms with Crippen LogP contribution in [-0.2, 0) is 25.9 Å². The van der Waals surface area contributed by atoms with E-state index in [2.05, 4.69) is 0 Å². The van der Waals surface area contributed by atoms with Crippen molar-refractivity contribution < 1.29 is 22.7 Å². The second-order valence-electron chi connectivity index (χ2n) is 8.22. The van der Waals surface area contributed by atoms with Gasteiger partial charge in [-0.25, -0.2) is 4.39 Å². The second kappa shape index (κ2) is 8.13. The lowest BCUT2D eigenvalue weighted by Crippen LogP contribution is -2.41. The lowest BCUT2D eigenvalue weighted by Gasteiger charge is -2.32. The quantitative estimate of drug-likeness (QED) is 0.533. The Balaban J connectivity index is 2.05. The number of hydrogen-bond acceptors (Lipinski definition) is 4. The van der Waals surface area contributed by atoms with Gasteiger partial charge in [0.2, 0.25) is 0 Å². The third-order valence-electron chi connectivity index (χ3n) is 5.62. The summed E-state index contributed by atoms with van der Waals surface area (Å²) in [7, 11) is -1.71. The summed E-state index contributed by atoms with van der Waals surface area (Å²) in [4.78, 5) is 13.2. The summed E-state index contributed by atoms with van der Waals surface area (Å²) in [5, 5.41) is 0. The first-order valence-electron chi connectivity index (χ1n) is 9.68. The maximum atomic E-state index is 13.3. The van der Waals surface area contributed by atoms with Gasteiger partial charge in [-0.05, 0) is 63.0 Å². The molecule has 29 heavy (non-hydrogen) atoms. The molecule has 0 spiro atoms. The van der Waals surface area contributed by atoms with Gasteiger partial charge >= 0.3 is 7.12 Å². The number of hydrogen-bond donors (Lipinski definition) is 0. The van der Waals surface area contributed by atoms with Crippen LogP contribution >= 0.6 is 0 Å². The molecule has 0 aromatic heterocycles. The number of halogens is 1. The monoisotopic (exact) mass is 416 g/mol. The summed E-state index contributed by atoms with van der Waals surface area (Å²) < 4.78 is 37.7. The van der Waals surface area contributed by atoms with E-state index in [1.807, 2.05) is 40.7 Å². The summed E-state index contributed by atoms with van der Waals surface area (Å²) in [6, 6.07) is 10.8. The molecule has 1 heterocycles. The van der Waals surface area contributed by atoms with Gasteiger partial charge in [0, 0.05) is 33.4 Å². The largest absolute Gasteiger partial charge is 0.495 e. The molecule has 1 saturated heterocycles. The number of carbonyl (C=O) groups excluding carboxylic acids is 1. The second-order valence-corrected chi connectivity index (χ2v) is 9.96. The highest BCUT2D eigenvalue weighted by Crippen LogP contribution is 2.37. The topological polar surface area (TPSA) is 52.6 Å². The van der Waals surface area contributed by atoms with Crippen molar-refractivity contribution in [2.75, 3.05) is 5.75 Å². The molecule has 154 valence electrons. The van der Waals surface area contributed by atoms with Crippen molar-refractivity contribution in [1.29, 1.82) is 0 Å². The van der Waals surface area contributed by atoms with E-state index in [1.54, 1.807) is 12.1 Å². The summed E-state index contributed by atoms with van der Waals surface area (Å²) >= 11 is 0. The molecule has 0 radical (unpaired) electrons. The van der Waals surface area contributed by atoms with Crippen molar-refractivity contribution in [2.24, 2.45) is 0 Å². The van der Waals surface area contributed by atoms with Crippen molar-refractivity contribution >= 4 is 29.2 Å². The smallest absolute Gasteiger partial charge is 0.399 e. The fourth-order valence-corrected chi connectivity index (χ4v) is 3.87. The van der Waals surface area contributed by atoms with Gasteiger partial charge in [-0.2, -0.15) is 0 Å². The minimum Gasteiger partial charge on any atom is -0.399 e. The summed E-state index contributed by atoms with van der Waals surface area (Å²) in [6.07, 6.45) is 0. The van der Waals surface area contributed by atoms with Crippen molar-refractivity contribution in [3.05, 3.63) is 65.0 Å². The van der Waals surface area contributed by atoms with Crippen LogP contribution < -0.4 is 5.46 Å². The molecular weight excluding hydrogens is 390 g/mol. The van der Waals surface area contributed by atoms with E-state index in [4.69, 9.17) is 9.31 Å². The van der Waals surface area contributed by atoms with E-state index in [1.165, 1.54) is 24.3 Å².